The zero-order valence-electron chi connectivity index (χ0n) is 10.6. The molecule has 5 heteroatoms. The Hall–Kier alpha value is -1.29. The molecule has 0 radical (unpaired) electrons. The molecule has 0 aliphatic carbocycles. The Morgan fingerprint density at radius 2 is 2.11 bits per heavy atom. The summed E-state index contributed by atoms with van der Waals surface area (Å²) in [6, 6.07) is 5.93. The van der Waals surface area contributed by atoms with Crippen LogP contribution in [0.4, 0.5) is 4.39 Å². The first kappa shape index (κ1) is 14.1. The Bertz CT molecular complexity index is 424. The Balaban J connectivity index is 1.67. The van der Waals surface area contributed by atoms with Crippen molar-refractivity contribution in [3.63, 3.8) is 0 Å². The summed E-state index contributed by atoms with van der Waals surface area (Å²) in [5, 5.41) is 0. The third-order valence-corrected chi connectivity index (χ3v) is 3.60. The number of rotatable bonds is 6. The van der Waals surface area contributed by atoms with Crippen LogP contribution in [0.2, 0.25) is 0 Å². The van der Waals surface area contributed by atoms with Gasteiger partial charge in [-0.25, -0.2) is 4.39 Å². The first-order chi connectivity index (χ1) is 9.19. The second kappa shape index (κ2) is 6.75. The van der Waals surface area contributed by atoms with E-state index >= 15 is 0 Å². The van der Waals surface area contributed by atoms with Crippen molar-refractivity contribution in [1.82, 2.24) is 4.90 Å². The predicted octanol–water partition coefficient (Wildman–Crippen LogP) is 2.68. The number of carbonyl (C=O) groups excluding carboxylic acids is 1. The van der Waals surface area contributed by atoms with Crippen LogP contribution >= 0.6 is 11.6 Å². The monoisotopic (exact) mass is 285 g/mol. The second-order valence-corrected chi connectivity index (χ2v) is 5.03. The van der Waals surface area contributed by atoms with Crippen LogP contribution in [0.3, 0.4) is 0 Å². The number of nitrogens with zero attached hydrogens (tertiary/aromatic N) is 1. The lowest BCUT2D eigenvalue weighted by molar-refractivity contribution is -0.127. The Morgan fingerprint density at radius 3 is 2.74 bits per heavy atom. The number of hydrogen-bond acceptors (Lipinski definition) is 2. The minimum Gasteiger partial charge on any atom is -0.494 e. The SMILES string of the molecule is O=C1CC(CCl)CN1CCCOc1ccc(F)cc1. The average Bonchev–Trinajstić information content (AvgIpc) is 2.77. The van der Waals surface area contributed by atoms with Gasteiger partial charge in [-0.15, -0.1) is 11.6 Å². The number of hydrogen-bond donors (Lipinski definition) is 0. The summed E-state index contributed by atoms with van der Waals surface area (Å²) < 4.78 is 18.2. The molecule has 0 spiro atoms. The maximum absolute atomic E-state index is 12.7. The lowest BCUT2D eigenvalue weighted by Crippen LogP contribution is -2.27. The Morgan fingerprint density at radius 1 is 1.37 bits per heavy atom. The lowest BCUT2D eigenvalue weighted by atomic mass is 10.1. The van der Waals surface area contributed by atoms with Gasteiger partial charge in [0.2, 0.25) is 5.91 Å². The fourth-order valence-corrected chi connectivity index (χ4v) is 2.36. The molecule has 0 saturated carbocycles. The smallest absolute Gasteiger partial charge is 0.222 e. The van der Waals surface area contributed by atoms with Gasteiger partial charge in [0.15, 0.2) is 0 Å². The van der Waals surface area contributed by atoms with Crippen molar-refractivity contribution in [1.29, 1.82) is 0 Å². The second-order valence-electron chi connectivity index (χ2n) is 4.72. The molecular weight excluding hydrogens is 269 g/mol. The molecule has 19 heavy (non-hydrogen) atoms. The van der Waals surface area contributed by atoms with Crippen molar-refractivity contribution < 1.29 is 13.9 Å². The lowest BCUT2D eigenvalue weighted by Gasteiger charge is -2.16. The van der Waals surface area contributed by atoms with Crippen LogP contribution in [0.5, 0.6) is 5.75 Å². The highest BCUT2D eigenvalue weighted by molar-refractivity contribution is 6.18. The summed E-state index contributed by atoms with van der Waals surface area (Å²) in [6.45, 7) is 1.95. The molecule has 1 aliphatic heterocycles. The van der Waals surface area contributed by atoms with E-state index in [0.717, 1.165) is 13.0 Å². The van der Waals surface area contributed by atoms with Crippen LogP contribution in [0.1, 0.15) is 12.8 Å². The van der Waals surface area contributed by atoms with E-state index in [9.17, 15) is 9.18 Å². The molecule has 3 nitrogen and oxygen atoms in total. The highest BCUT2D eigenvalue weighted by Gasteiger charge is 2.28. The number of halogens is 2. The van der Waals surface area contributed by atoms with Crippen molar-refractivity contribution in [2.24, 2.45) is 5.92 Å². The molecule has 1 atom stereocenters. The molecule has 104 valence electrons. The normalized spacial score (nSPS) is 18.9. The highest BCUT2D eigenvalue weighted by atomic mass is 35.5. The molecule has 1 aromatic carbocycles. The van der Waals surface area contributed by atoms with E-state index in [2.05, 4.69) is 0 Å². The molecule has 0 bridgehead atoms. The fourth-order valence-electron chi connectivity index (χ4n) is 2.15. The van der Waals surface area contributed by atoms with Crippen LogP contribution in [0.25, 0.3) is 0 Å². The van der Waals surface area contributed by atoms with Crippen LogP contribution in [-0.2, 0) is 4.79 Å². The molecular formula is C14H17ClFNO2. The van der Waals surface area contributed by atoms with Crippen molar-refractivity contribution in [2.75, 3.05) is 25.6 Å². The van der Waals surface area contributed by atoms with Crippen LogP contribution < -0.4 is 4.74 Å². The van der Waals surface area contributed by atoms with Crippen molar-refractivity contribution in [3.05, 3.63) is 30.1 Å². The van der Waals surface area contributed by atoms with E-state index in [0.29, 0.717) is 31.2 Å². The summed E-state index contributed by atoms with van der Waals surface area (Å²) in [5.74, 6) is 1.36. The van der Waals surface area contributed by atoms with Gasteiger partial charge < -0.3 is 9.64 Å². The summed E-state index contributed by atoms with van der Waals surface area (Å²) in [4.78, 5) is 13.5. The molecule has 0 aromatic heterocycles. The van der Waals surface area contributed by atoms with Gasteiger partial charge >= 0.3 is 0 Å². The predicted molar refractivity (Wildman–Crippen MR) is 71.9 cm³/mol. The molecule has 1 amide bonds. The minimum absolute atomic E-state index is 0.174. The molecule has 1 aliphatic rings. The van der Waals surface area contributed by atoms with Crippen molar-refractivity contribution in [2.45, 2.75) is 12.8 Å². The summed E-state index contributed by atoms with van der Waals surface area (Å²) in [7, 11) is 0. The molecule has 0 N–H and O–H groups in total. The van der Waals surface area contributed by atoms with Crippen molar-refractivity contribution >= 4 is 17.5 Å². The summed E-state index contributed by atoms with van der Waals surface area (Å²) in [6.07, 6.45) is 1.32. The number of likely N-dealkylation sites (tertiary alicyclic amines) is 1. The van der Waals surface area contributed by atoms with E-state index in [1.807, 2.05) is 4.90 Å². The molecule has 1 heterocycles. The molecule has 1 aromatic rings. The Labute approximate surface area is 117 Å². The summed E-state index contributed by atoms with van der Waals surface area (Å²) >= 11 is 5.76. The Kier molecular flexibility index (Phi) is 5.02. The van der Waals surface area contributed by atoms with Crippen LogP contribution in [-0.4, -0.2) is 36.4 Å². The largest absolute Gasteiger partial charge is 0.494 e. The van der Waals surface area contributed by atoms with E-state index in [-0.39, 0.29) is 17.6 Å². The third-order valence-electron chi connectivity index (χ3n) is 3.17. The van der Waals surface area contributed by atoms with E-state index in [1.54, 1.807) is 12.1 Å². The highest BCUT2D eigenvalue weighted by Crippen LogP contribution is 2.19. The summed E-state index contributed by atoms with van der Waals surface area (Å²) in [5.41, 5.74) is 0. The van der Waals surface area contributed by atoms with E-state index < -0.39 is 0 Å². The zero-order chi connectivity index (χ0) is 13.7. The first-order valence-corrected chi connectivity index (χ1v) is 6.94. The van der Waals surface area contributed by atoms with Crippen LogP contribution in [0.15, 0.2) is 24.3 Å². The topological polar surface area (TPSA) is 29.5 Å². The van der Waals surface area contributed by atoms with Gasteiger partial charge in [0.25, 0.3) is 0 Å². The number of alkyl halides is 1. The minimum atomic E-state index is -0.276. The molecule has 1 fully saturated rings. The maximum Gasteiger partial charge on any atom is 0.222 e. The number of ether oxygens (including phenoxy) is 1. The average molecular weight is 286 g/mol. The van der Waals surface area contributed by atoms with E-state index in [4.69, 9.17) is 16.3 Å². The molecule has 1 saturated heterocycles. The van der Waals surface area contributed by atoms with Gasteiger partial charge in [-0.3, -0.25) is 4.79 Å². The first-order valence-electron chi connectivity index (χ1n) is 6.41. The van der Waals surface area contributed by atoms with Gasteiger partial charge in [0.05, 0.1) is 6.61 Å². The van der Waals surface area contributed by atoms with Gasteiger partial charge in [-0.05, 0) is 36.6 Å². The maximum atomic E-state index is 12.7. The van der Waals surface area contributed by atoms with Gasteiger partial charge in [-0.1, -0.05) is 0 Å². The van der Waals surface area contributed by atoms with E-state index in [1.165, 1.54) is 12.1 Å². The molecule has 1 unspecified atom stereocenters. The zero-order valence-corrected chi connectivity index (χ0v) is 11.4. The van der Waals surface area contributed by atoms with Gasteiger partial charge in [0, 0.05) is 25.4 Å². The van der Waals surface area contributed by atoms with Crippen LogP contribution in [0, 0.1) is 11.7 Å². The third kappa shape index (κ3) is 4.10. The standard InChI is InChI=1S/C14H17ClFNO2/c15-9-11-8-14(18)17(10-11)6-1-7-19-13-4-2-12(16)3-5-13/h2-5,11H,1,6-10H2. The number of benzene rings is 1. The quantitative estimate of drug-likeness (QED) is 0.594. The number of carbonyl (C=O) groups is 1. The number of amides is 1. The van der Waals surface area contributed by atoms with Gasteiger partial charge in [0.1, 0.15) is 11.6 Å². The molecule has 2 rings (SSSR count). The van der Waals surface area contributed by atoms with Gasteiger partial charge in [-0.2, -0.15) is 0 Å². The van der Waals surface area contributed by atoms with Crippen molar-refractivity contribution in [3.8, 4) is 5.75 Å². The fraction of sp³-hybridized carbons (Fsp3) is 0.500.